The number of pyridine rings is 1. The second-order valence-electron chi connectivity index (χ2n) is 3.67. The Kier molecular flexibility index (Phi) is 3.46. The Morgan fingerprint density at radius 1 is 1.60 bits per heavy atom. The minimum absolute atomic E-state index is 0.390. The molecule has 0 aromatic carbocycles. The molecule has 0 saturated carbocycles. The number of rotatable bonds is 2. The third-order valence-corrected chi connectivity index (χ3v) is 3.99. The maximum absolute atomic E-state index is 13.0. The molecule has 1 aliphatic heterocycles. The molecule has 4 heteroatoms. The van der Waals surface area contributed by atoms with Crippen LogP contribution in [0.15, 0.2) is 18.2 Å². The van der Waals surface area contributed by atoms with E-state index in [9.17, 15) is 4.39 Å². The van der Waals surface area contributed by atoms with E-state index in [1.54, 1.807) is 6.07 Å². The smallest absolute Gasteiger partial charge is 0.214 e. The monoisotopic (exact) mass is 226 g/mol. The fourth-order valence-corrected chi connectivity index (χ4v) is 2.93. The summed E-state index contributed by atoms with van der Waals surface area (Å²) < 4.78 is 13.0. The molecule has 0 radical (unpaired) electrons. The van der Waals surface area contributed by atoms with Gasteiger partial charge in [-0.2, -0.15) is 16.2 Å². The lowest BCUT2D eigenvalue weighted by molar-refractivity contribution is 0.579. The molecule has 0 N–H and O–H groups in total. The van der Waals surface area contributed by atoms with Gasteiger partial charge in [-0.15, -0.1) is 0 Å². The van der Waals surface area contributed by atoms with E-state index in [1.807, 2.05) is 17.8 Å². The van der Waals surface area contributed by atoms with Crippen LogP contribution < -0.4 is 4.90 Å². The normalized spacial score (nSPS) is 21.7. The van der Waals surface area contributed by atoms with E-state index in [1.165, 1.54) is 6.07 Å². The topological polar surface area (TPSA) is 16.1 Å². The van der Waals surface area contributed by atoms with Crippen molar-refractivity contribution in [2.45, 2.75) is 18.6 Å². The Labute approximate surface area is 93.9 Å². The van der Waals surface area contributed by atoms with Gasteiger partial charge < -0.3 is 4.90 Å². The molecule has 2 heterocycles. The lowest BCUT2D eigenvalue weighted by Gasteiger charge is -2.32. The Morgan fingerprint density at radius 3 is 3.20 bits per heavy atom. The van der Waals surface area contributed by atoms with Gasteiger partial charge in [0.25, 0.3) is 0 Å². The zero-order valence-electron chi connectivity index (χ0n) is 8.82. The van der Waals surface area contributed by atoms with E-state index in [2.05, 4.69) is 16.8 Å². The fraction of sp³-hybridized carbons (Fsp3) is 0.545. The molecule has 2 nitrogen and oxygen atoms in total. The van der Waals surface area contributed by atoms with Gasteiger partial charge in [0, 0.05) is 24.1 Å². The predicted octanol–water partition coefficient (Wildman–Crippen LogP) is 2.55. The van der Waals surface area contributed by atoms with Crippen LogP contribution in [0.1, 0.15) is 13.3 Å². The van der Waals surface area contributed by atoms with Crippen LogP contribution in [0, 0.1) is 5.95 Å². The van der Waals surface area contributed by atoms with Crippen molar-refractivity contribution in [3.05, 3.63) is 24.1 Å². The van der Waals surface area contributed by atoms with Crippen LogP contribution in [-0.4, -0.2) is 29.1 Å². The lowest BCUT2D eigenvalue weighted by atomic mass is 10.3. The average molecular weight is 226 g/mol. The molecule has 1 unspecified atom stereocenters. The number of thioether (sulfide) groups is 1. The molecule has 0 amide bonds. The molecule has 15 heavy (non-hydrogen) atoms. The molecule has 0 aliphatic carbocycles. The standard InChI is InChI=1S/C11H15FN2S/c1-2-9-8-14(6-7-15-9)11-5-3-4-10(12)13-11/h3-5,9H,2,6-8H2,1H3. The van der Waals surface area contributed by atoms with Crippen molar-refractivity contribution in [2.75, 3.05) is 23.7 Å². The quantitative estimate of drug-likeness (QED) is 0.721. The maximum atomic E-state index is 13.0. The number of hydrogen-bond acceptors (Lipinski definition) is 3. The summed E-state index contributed by atoms with van der Waals surface area (Å²) in [5.74, 6) is 1.49. The highest BCUT2D eigenvalue weighted by atomic mass is 32.2. The van der Waals surface area contributed by atoms with Crippen molar-refractivity contribution in [3.63, 3.8) is 0 Å². The zero-order chi connectivity index (χ0) is 10.7. The van der Waals surface area contributed by atoms with E-state index in [4.69, 9.17) is 0 Å². The largest absolute Gasteiger partial charge is 0.355 e. The van der Waals surface area contributed by atoms with Gasteiger partial charge in [0.05, 0.1) is 0 Å². The number of nitrogens with zero attached hydrogens (tertiary/aromatic N) is 2. The van der Waals surface area contributed by atoms with Gasteiger partial charge in [0.2, 0.25) is 5.95 Å². The van der Waals surface area contributed by atoms with E-state index in [0.29, 0.717) is 5.25 Å². The summed E-state index contributed by atoms with van der Waals surface area (Å²) in [6.07, 6.45) is 1.16. The number of hydrogen-bond donors (Lipinski definition) is 0. The van der Waals surface area contributed by atoms with Crippen LogP contribution in [0.5, 0.6) is 0 Å². The van der Waals surface area contributed by atoms with Crippen LogP contribution in [0.2, 0.25) is 0 Å². The molecule has 0 spiro atoms. The summed E-state index contributed by atoms with van der Waals surface area (Å²) in [4.78, 5) is 6.09. The molecule has 1 atom stereocenters. The maximum Gasteiger partial charge on any atom is 0.214 e. The first-order valence-electron chi connectivity index (χ1n) is 5.28. The van der Waals surface area contributed by atoms with E-state index >= 15 is 0 Å². The molecule has 1 aromatic rings. The fourth-order valence-electron chi connectivity index (χ4n) is 1.75. The van der Waals surface area contributed by atoms with Crippen molar-refractivity contribution in [1.29, 1.82) is 0 Å². The summed E-state index contributed by atoms with van der Waals surface area (Å²) in [6, 6.07) is 4.99. The summed E-state index contributed by atoms with van der Waals surface area (Å²) in [5.41, 5.74) is 0. The third kappa shape index (κ3) is 2.62. The van der Waals surface area contributed by atoms with Crippen LogP contribution in [0.3, 0.4) is 0 Å². The molecule has 82 valence electrons. The van der Waals surface area contributed by atoms with Gasteiger partial charge in [-0.1, -0.05) is 13.0 Å². The van der Waals surface area contributed by atoms with Crippen molar-refractivity contribution in [1.82, 2.24) is 4.98 Å². The van der Waals surface area contributed by atoms with Crippen LogP contribution >= 0.6 is 11.8 Å². The molecule has 0 bridgehead atoms. The van der Waals surface area contributed by atoms with Crippen molar-refractivity contribution >= 4 is 17.6 Å². The minimum Gasteiger partial charge on any atom is -0.355 e. The van der Waals surface area contributed by atoms with Gasteiger partial charge in [-0.3, -0.25) is 0 Å². The first-order valence-corrected chi connectivity index (χ1v) is 6.33. The Morgan fingerprint density at radius 2 is 2.47 bits per heavy atom. The molecule has 1 aromatic heterocycles. The van der Waals surface area contributed by atoms with Gasteiger partial charge in [-0.05, 0) is 18.6 Å². The summed E-state index contributed by atoms with van der Waals surface area (Å²) in [5, 5.41) is 0.656. The molecule has 1 aliphatic rings. The van der Waals surface area contributed by atoms with Crippen LogP contribution in [0.25, 0.3) is 0 Å². The Hall–Kier alpha value is -0.770. The number of halogens is 1. The second kappa shape index (κ2) is 4.84. The number of aromatic nitrogens is 1. The van der Waals surface area contributed by atoms with Crippen LogP contribution in [0.4, 0.5) is 10.2 Å². The van der Waals surface area contributed by atoms with E-state index < -0.39 is 5.95 Å². The first-order chi connectivity index (χ1) is 7.29. The van der Waals surface area contributed by atoms with Crippen molar-refractivity contribution in [3.8, 4) is 0 Å². The lowest BCUT2D eigenvalue weighted by Crippen LogP contribution is -2.38. The SMILES string of the molecule is CCC1CN(c2cccc(F)n2)CCS1. The zero-order valence-corrected chi connectivity index (χ0v) is 9.63. The second-order valence-corrected chi connectivity index (χ2v) is 5.07. The Bertz CT molecular complexity index is 332. The first kappa shape index (κ1) is 10.7. The van der Waals surface area contributed by atoms with E-state index in [-0.39, 0.29) is 0 Å². The minimum atomic E-state index is -0.390. The molecular formula is C11H15FN2S. The summed E-state index contributed by atoms with van der Waals surface area (Å²) in [7, 11) is 0. The number of anilines is 1. The van der Waals surface area contributed by atoms with E-state index in [0.717, 1.165) is 31.1 Å². The van der Waals surface area contributed by atoms with Crippen LogP contribution in [-0.2, 0) is 0 Å². The van der Waals surface area contributed by atoms with Gasteiger partial charge in [-0.25, -0.2) is 4.98 Å². The summed E-state index contributed by atoms with van der Waals surface area (Å²) >= 11 is 2.00. The van der Waals surface area contributed by atoms with Gasteiger partial charge in [0.15, 0.2) is 0 Å². The van der Waals surface area contributed by atoms with Crippen molar-refractivity contribution < 1.29 is 4.39 Å². The highest BCUT2D eigenvalue weighted by Crippen LogP contribution is 2.24. The van der Waals surface area contributed by atoms with Gasteiger partial charge in [0.1, 0.15) is 5.82 Å². The highest BCUT2D eigenvalue weighted by Gasteiger charge is 2.19. The molecule has 2 rings (SSSR count). The van der Waals surface area contributed by atoms with Crippen molar-refractivity contribution in [2.24, 2.45) is 0 Å². The third-order valence-electron chi connectivity index (χ3n) is 2.62. The summed E-state index contributed by atoms with van der Waals surface area (Å²) in [6.45, 7) is 4.15. The van der Waals surface area contributed by atoms with Gasteiger partial charge >= 0.3 is 0 Å². The Balaban J connectivity index is 2.09. The average Bonchev–Trinajstić information content (AvgIpc) is 2.29. The molecule has 1 fully saturated rings. The molecular weight excluding hydrogens is 211 g/mol. The highest BCUT2D eigenvalue weighted by molar-refractivity contribution is 8.00. The molecule has 1 saturated heterocycles. The predicted molar refractivity (Wildman–Crippen MR) is 62.9 cm³/mol.